The molecule has 1 N–H and O–H groups in total. The molecule has 4 nitrogen and oxygen atoms in total. The molecule has 0 unspecified atom stereocenters. The molecule has 1 fully saturated rings. The highest BCUT2D eigenvalue weighted by molar-refractivity contribution is 5.22. The first-order chi connectivity index (χ1) is 11.6. The highest BCUT2D eigenvalue weighted by Gasteiger charge is 2.21. The summed E-state index contributed by atoms with van der Waals surface area (Å²) in [5.74, 6) is 1.65. The van der Waals surface area contributed by atoms with Crippen molar-refractivity contribution in [2.45, 2.75) is 39.9 Å². The number of imidazole rings is 1. The number of nitrogens with one attached hydrogen (secondary N) is 1. The average Bonchev–Trinajstić information content (AvgIpc) is 2.93. The number of hydrogen-bond donors (Lipinski definition) is 1. The summed E-state index contributed by atoms with van der Waals surface area (Å²) in [5.41, 5.74) is 3.97. The standard InChI is InChI=1S/C20H30N4/c1-16-8-17(2)13-24(12-16)14-19-6-4-18(5-7-19)9-21-10-20-11-22-15-23(20)3/h4-7,11,15-17,21H,8-10,12-14H2,1-3H3/t16-,17+. The summed E-state index contributed by atoms with van der Waals surface area (Å²) >= 11 is 0. The van der Waals surface area contributed by atoms with E-state index in [1.807, 2.05) is 19.6 Å². The molecular weight excluding hydrogens is 296 g/mol. The molecule has 1 aromatic heterocycles. The SMILES string of the molecule is C[C@@H]1C[C@H](C)CN(Cc2ccc(CNCc3cncn3C)cc2)C1. The van der Waals surface area contributed by atoms with E-state index >= 15 is 0 Å². The van der Waals surface area contributed by atoms with E-state index in [0.717, 1.165) is 31.5 Å². The van der Waals surface area contributed by atoms with Crippen LogP contribution in [-0.4, -0.2) is 27.5 Å². The zero-order valence-corrected chi connectivity index (χ0v) is 15.2. The van der Waals surface area contributed by atoms with E-state index in [4.69, 9.17) is 0 Å². The first kappa shape index (κ1) is 17.2. The predicted octanol–water partition coefficient (Wildman–Crippen LogP) is 3.19. The third-order valence-electron chi connectivity index (χ3n) is 4.93. The molecule has 130 valence electrons. The maximum atomic E-state index is 4.14. The number of piperidine rings is 1. The van der Waals surface area contributed by atoms with Gasteiger partial charge in [0.1, 0.15) is 0 Å². The van der Waals surface area contributed by atoms with Crippen LogP contribution in [0.4, 0.5) is 0 Å². The molecule has 1 aromatic carbocycles. The first-order valence-corrected chi connectivity index (χ1v) is 9.06. The van der Waals surface area contributed by atoms with Crippen LogP contribution < -0.4 is 5.32 Å². The summed E-state index contributed by atoms with van der Waals surface area (Å²) in [4.78, 5) is 6.75. The molecular formula is C20H30N4. The van der Waals surface area contributed by atoms with E-state index in [9.17, 15) is 0 Å². The number of rotatable bonds is 6. The van der Waals surface area contributed by atoms with Crippen LogP contribution in [0.3, 0.4) is 0 Å². The lowest BCUT2D eigenvalue weighted by atomic mass is 9.91. The highest BCUT2D eigenvalue weighted by Crippen LogP contribution is 2.22. The minimum absolute atomic E-state index is 0.823. The number of benzene rings is 1. The van der Waals surface area contributed by atoms with E-state index in [-0.39, 0.29) is 0 Å². The molecule has 1 aliphatic rings. The molecule has 0 saturated carbocycles. The van der Waals surface area contributed by atoms with Gasteiger partial charge >= 0.3 is 0 Å². The van der Waals surface area contributed by atoms with Crippen LogP contribution in [0.1, 0.15) is 37.1 Å². The summed E-state index contributed by atoms with van der Waals surface area (Å²) in [6.07, 6.45) is 5.13. The quantitative estimate of drug-likeness (QED) is 0.885. The number of likely N-dealkylation sites (tertiary alicyclic amines) is 1. The van der Waals surface area contributed by atoms with Crippen molar-refractivity contribution in [2.24, 2.45) is 18.9 Å². The van der Waals surface area contributed by atoms with Gasteiger partial charge in [0.25, 0.3) is 0 Å². The lowest BCUT2D eigenvalue weighted by molar-refractivity contribution is 0.134. The maximum Gasteiger partial charge on any atom is 0.0945 e. The van der Waals surface area contributed by atoms with Crippen molar-refractivity contribution >= 4 is 0 Å². The minimum atomic E-state index is 0.823. The Morgan fingerprint density at radius 3 is 2.33 bits per heavy atom. The second kappa shape index (κ2) is 7.95. The van der Waals surface area contributed by atoms with Crippen molar-refractivity contribution in [3.8, 4) is 0 Å². The van der Waals surface area contributed by atoms with Crippen LogP contribution in [-0.2, 0) is 26.7 Å². The van der Waals surface area contributed by atoms with E-state index < -0.39 is 0 Å². The average molecular weight is 326 g/mol. The third-order valence-corrected chi connectivity index (χ3v) is 4.93. The van der Waals surface area contributed by atoms with Gasteiger partial charge in [0.05, 0.1) is 12.0 Å². The molecule has 2 aromatic rings. The lowest BCUT2D eigenvalue weighted by Gasteiger charge is -2.35. The Kier molecular flexibility index (Phi) is 5.69. The van der Waals surface area contributed by atoms with Gasteiger partial charge < -0.3 is 9.88 Å². The van der Waals surface area contributed by atoms with Gasteiger partial charge in [-0.3, -0.25) is 4.90 Å². The second-order valence-corrected chi connectivity index (χ2v) is 7.56. The highest BCUT2D eigenvalue weighted by atomic mass is 15.1. The monoisotopic (exact) mass is 326 g/mol. The molecule has 2 heterocycles. The lowest BCUT2D eigenvalue weighted by Crippen LogP contribution is -2.38. The molecule has 0 amide bonds. The van der Waals surface area contributed by atoms with Crippen LogP contribution in [0.25, 0.3) is 0 Å². The van der Waals surface area contributed by atoms with Crippen molar-refractivity contribution in [1.82, 2.24) is 19.8 Å². The summed E-state index contributed by atoms with van der Waals surface area (Å²) in [6, 6.07) is 9.07. The fraction of sp³-hybridized carbons (Fsp3) is 0.550. The third kappa shape index (κ3) is 4.68. The summed E-state index contributed by atoms with van der Waals surface area (Å²) in [5, 5.41) is 3.49. The molecule has 0 aliphatic carbocycles. The smallest absolute Gasteiger partial charge is 0.0945 e. The molecule has 3 rings (SSSR count). The summed E-state index contributed by atoms with van der Waals surface area (Å²) in [6.45, 7) is 10.0. The Balaban J connectivity index is 1.47. The second-order valence-electron chi connectivity index (χ2n) is 7.56. The predicted molar refractivity (Wildman–Crippen MR) is 98.4 cm³/mol. The fourth-order valence-electron chi connectivity index (χ4n) is 3.83. The van der Waals surface area contributed by atoms with Gasteiger partial charge in [0.15, 0.2) is 0 Å². The van der Waals surface area contributed by atoms with Crippen molar-refractivity contribution in [1.29, 1.82) is 0 Å². The van der Waals surface area contributed by atoms with E-state index in [0.29, 0.717) is 0 Å². The van der Waals surface area contributed by atoms with Crippen LogP contribution >= 0.6 is 0 Å². The number of aryl methyl sites for hydroxylation is 1. The van der Waals surface area contributed by atoms with E-state index in [1.54, 1.807) is 0 Å². The topological polar surface area (TPSA) is 33.1 Å². The summed E-state index contributed by atoms with van der Waals surface area (Å²) < 4.78 is 2.05. The number of aromatic nitrogens is 2. The van der Waals surface area contributed by atoms with E-state index in [1.165, 1.54) is 36.3 Å². The van der Waals surface area contributed by atoms with Gasteiger partial charge in [-0.05, 0) is 29.4 Å². The van der Waals surface area contributed by atoms with Crippen molar-refractivity contribution in [3.05, 3.63) is 53.6 Å². The normalized spacial score (nSPS) is 22.0. The van der Waals surface area contributed by atoms with Crippen molar-refractivity contribution < 1.29 is 0 Å². The maximum absolute atomic E-state index is 4.14. The molecule has 1 aliphatic heterocycles. The fourth-order valence-corrected chi connectivity index (χ4v) is 3.83. The molecule has 2 atom stereocenters. The Bertz CT molecular complexity index is 621. The molecule has 1 saturated heterocycles. The summed E-state index contributed by atoms with van der Waals surface area (Å²) in [7, 11) is 2.03. The Labute approximate surface area is 145 Å². The largest absolute Gasteiger partial charge is 0.337 e. The van der Waals surface area contributed by atoms with E-state index in [2.05, 4.69) is 57.9 Å². The first-order valence-electron chi connectivity index (χ1n) is 9.06. The van der Waals surface area contributed by atoms with Crippen LogP contribution in [0.5, 0.6) is 0 Å². The number of nitrogens with zero attached hydrogens (tertiary/aromatic N) is 3. The van der Waals surface area contributed by atoms with Gasteiger partial charge in [-0.25, -0.2) is 4.98 Å². The van der Waals surface area contributed by atoms with Gasteiger partial charge in [-0.1, -0.05) is 38.1 Å². The van der Waals surface area contributed by atoms with Crippen LogP contribution in [0, 0.1) is 11.8 Å². The molecule has 0 radical (unpaired) electrons. The Morgan fingerprint density at radius 1 is 1.04 bits per heavy atom. The van der Waals surface area contributed by atoms with Crippen LogP contribution in [0.15, 0.2) is 36.8 Å². The van der Waals surface area contributed by atoms with Gasteiger partial charge in [0.2, 0.25) is 0 Å². The van der Waals surface area contributed by atoms with Gasteiger partial charge in [-0.15, -0.1) is 0 Å². The zero-order valence-electron chi connectivity index (χ0n) is 15.2. The minimum Gasteiger partial charge on any atom is -0.337 e. The zero-order chi connectivity index (χ0) is 16.9. The molecule has 24 heavy (non-hydrogen) atoms. The van der Waals surface area contributed by atoms with Crippen molar-refractivity contribution in [2.75, 3.05) is 13.1 Å². The van der Waals surface area contributed by atoms with Gasteiger partial charge in [-0.2, -0.15) is 0 Å². The van der Waals surface area contributed by atoms with Crippen molar-refractivity contribution in [3.63, 3.8) is 0 Å². The number of hydrogen-bond acceptors (Lipinski definition) is 3. The Morgan fingerprint density at radius 2 is 1.71 bits per heavy atom. The molecule has 0 bridgehead atoms. The Hall–Kier alpha value is -1.65. The van der Waals surface area contributed by atoms with Gasteiger partial charge in [0, 0.05) is 46.0 Å². The molecule has 0 spiro atoms. The molecule has 4 heteroatoms. The van der Waals surface area contributed by atoms with Crippen LogP contribution in [0.2, 0.25) is 0 Å².